The molecule has 134 valence electrons. The van der Waals surface area contributed by atoms with E-state index >= 15 is 0 Å². The molecule has 0 aliphatic carbocycles. The molecule has 8 nitrogen and oxygen atoms in total. The maximum absolute atomic E-state index is 12.2. The average Bonchev–Trinajstić information content (AvgIpc) is 3.37. The molecule has 0 saturated heterocycles. The molecule has 8 heteroatoms. The Morgan fingerprint density at radius 3 is 2.58 bits per heavy atom. The Hall–Kier alpha value is -3.42. The first kappa shape index (κ1) is 17.4. The monoisotopic (exact) mass is 353 g/mol. The highest BCUT2D eigenvalue weighted by molar-refractivity contribution is 6.02. The van der Waals surface area contributed by atoms with E-state index in [-0.39, 0.29) is 18.7 Å². The molecule has 0 bridgehead atoms. The Morgan fingerprint density at radius 1 is 1.04 bits per heavy atom. The number of hydrazone groups is 1. The van der Waals surface area contributed by atoms with Crippen LogP contribution in [0, 0.1) is 0 Å². The van der Waals surface area contributed by atoms with Gasteiger partial charge in [0.1, 0.15) is 5.69 Å². The number of benzene rings is 1. The van der Waals surface area contributed by atoms with E-state index in [1.807, 2.05) is 30.3 Å². The fourth-order valence-corrected chi connectivity index (χ4v) is 2.55. The lowest BCUT2D eigenvalue weighted by molar-refractivity contribution is -0.133. The first-order valence-corrected chi connectivity index (χ1v) is 8.29. The maximum Gasteiger partial charge on any atom is 0.286 e. The van der Waals surface area contributed by atoms with Gasteiger partial charge >= 0.3 is 0 Å². The molecule has 2 heterocycles. The van der Waals surface area contributed by atoms with Crippen molar-refractivity contribution in [3.8, 4) is 0 Å². The van der Waals surface area contributed by atoms with Gasteiger partial charge < -0.3 is 4.98 Å². The largest absolute Gasteiger partial charge is 0.357 e. The fraction of sp³-hybridized carbons (Fsp3) is 0.222. The lowest BCUT2D eigenvalue weighted by Gasteiger charge is -2.11. The zero-order valence-electron chi connectivity index (χ0n) is 14.1. The number of hydrazine groups is 1. The van der Waals surface area contributed by atoms with Crippen molar-refractivity contribution in [1.82, 2.24) is 20.8 Å². The van der Waals surface area contributed by atoms with Crippen LogP contribution < -0.4 is 10.9 Å². The first-order valence-electron chi connectivity index (χ1n) is 8.29. The van der Waals surface area contributed by atoms with Gasteiger partial charge in [-0.05, 0) is 17.7 Å². The molecule has 1 aliphatic rings. The van der Waals surface area contributed by atoms with Crippen LogP contribution in [0.1, 0.15) is 35.3 Å². The van der Waals surface area contributed by atoms with E-state index in [4.69, 9.17) is 0 Å². The van der Waals surface area contributed by atoms with Crippen molar-refractivity contribution in [2.24, 2.45) is 5.10 Å². The molecular formula is C18H19N5O3. The minimum Gasteiger partial charge on any atom is -0.357 e. The van der Waals surface area contributed by atoms with Crippen molar-refractivity contribution in [3.63, 3.8) is 0 Å². The summed E-state index contributed by atoms with van der Waals surface area (Å²) >= 11 is 0. The predicted molar refractivity (Wildman–Crippen MR) is 94.9 cm³/mol. The number of hydrogen-bond donors (Lipinski definition) is 3. The summed E-state index contributed by atoms with van der Waals surface area (Å²) in [6.45, 7) is 0.508. The Kier molecular flexibility index (Phi) is 5.43. The van der Waals surface area contributed by atoms with E-state index in [0.717, 1.165) is 11.3 Å². The van der Waals surface area contributed by atoms with Crippen LogP contribution in [-0.4, -0.2) is 40.0 Å². The normalized spacial score (nSPS) is 13.2. The highest BCUT2D eigenvalue weighted by Crippen LogP contribution is 2.14. The number of aromatic nitrogens is 1. The summed E-state index contributed by atoms with van der Waals surface area (Å²) in [6.07, 6.45) is 2.29. The molecule has 2 aromatic rings. The second-order valence-electron chi connectivity index (χ2n) is 5.77. The minimum absolute atomic E-state index is 0.0236. The Bertz CT molecular complexity index is 815. The molecule has 0 atom stereocenters. The third-order valence-electron chi connectivity index (χ3n) is 3.92. The number of amides is 3. The molecule has 26 heavy (non-hydrogen) atoms. The molecule has 1 aromatic heterocycles. The lowest BCUT2D eigenvalue weighted by atomic mass is 10.1. The van der Waals surface area contributed by atoms with Crippen molar-refractivity contribution in [2.45, 2.75) is 19.3 Å². The second kappa shape index (κ2) is 8.11. The van der Waals surface area contributed by atoms with Gasteiger partial charge in [-0.1, -0.05) is 30.3 Å². The van der Waals surface area contributed by atoms with Crippen molar-refractivity contribution in [1.29, 1.82) is 0 Å². The second-order valence-corrected chi connectivity index (χ2v) is 5.77. The van der Waals surface area contributed by atoms with E-state index in [1.165, 1.54) is 5.01 Å². The zero-order chi connectivity index (χ0) is 18.4. The number of hydrogen-bond acceptors (Lipinski definition) is 4. The zero-order valence-corrected chi connectivity index (χ0v) is 14.1. The van der Waals surface area contributed by atoms with Gasteiger partial charge in [0.15, 0.2) is 0 Å². The molecule has 0 saturated carbocycles. The molecule has 3 N–H and O–H groups in total. The standard InChI is InChI=1S/C18H19N5O3/c24-16(20-21-18(26)15-7-4-11-19-15)8-9-17(25)23-12-10-14(22-23)13-5-2-1-3-6-13/h1-7,11,19H,8-10,12H2,(H,20,24)(H,21,26). The number of nitrogens with one attached hydrogen (secondary N) is 3. The number of nitrogens with zero attached hydrogens (tertiary/aromatic N) is 2. The van der Waals surface area contributed by atoms with Gasteiger partial charge in [0.25, 0.3) is 5.91 Å². The number of H-pyrrole nitrogens is 1. The third-order valence-corrected chi connectivity index (χ3v) is 3.92. The van der Waals surface area contributed by atoms with Crippen LogP contribution in [0.2, 0.25) is 0 Å². The number of carbonyl (C=O) groups is 3. The van der Waals surface area contributed by atoms with E-state index < -0.39 is 11.8 Å². The average molecular weight is 353 g/mol. The molecular weight excluding hydrogens is 334 g/mol. The molecule has 3 rings (SSSR count). The molecule has 1 aromatic carbocycles. The van der Waals surface area contributed by atoms with Gasteiger partial charge in [-0.2, -0.15) is 5.10 Å². The maximum atomic E-state index is 12.2. The van der Waals surface area contributed by atoms with Crippen molar-refractivity contribution in [2.75, 3.05) is 6.54 Å². The van der Waals surface area contributed by atoms with Crippen molar-refractivity contribution >= 4 is 23.4 Å². The van der Waals surface area contributed by atoms with Crippen LogP contribution >= 0.6 is 0 Å². The summed E-state index contributed by atoms with van der Waals surface area (Å²) in [5.41, 5.74) is 6.76. The van der Waals surface area contributed by atoms with Crippen LogP contribution in [0.3, 0.4) is 0 Å². The summed E-state index contributed by atoms with van der Waals surface area (Å²) in [5.74, 6) is -1.11. The van der Waals surface area contributed by atoms with Crippen LogP contribution in [0.5, 0.6) is 0 Å². The summed E-state index contributed by atoms with van der Waals surface area (Å²) in [6, 6.07) is 12.9. The summed E-state index contributed by atoms with van der Waals surface area (Å²) < 4.78 is 0. The van der Waals surface area contributed by atoms with Gasteiger partial charge in [-0.15, -0.1) is 0 Å². The van der Waals surface area contributed by atoms with Crippen LogP contribution in [0.25, 0.3) is 0 Å². The molecule has 0 unspecified atom stereocenters. The van der Waals surface area contributed by atoms with Gasteiger partial charge in [0.05, 0.1) is 12.3 Å². The molecule has 0 radical (unpaired) electrons. The highest BCUT2D eigenvalue weighted by Gasteiger charge is 2.22. The van der Waals surface area contributed by atoms with Gasteiger partial charge in [0, 0.05) is 25.5 Å². The SMILES string of the molecule is O=C(CCC(=O)N1CCC(c2ccccc2)=N1)NNC(=O)c1ccc[nH]1. The van der Waals surface area contributed by atoms with E-state index in [1.54, 1.807) is 18.3 Å². The minimum atomic E-state index is -0.452. The molecule has 3 amide bonds. The fourth-order valence-electron chi connectivity index (χ4n) is 2.55. The number of rotatable bonds is 5. The topological polar surface area (TPSA) is 107 Å². The van der Waals surface area contributed by atoms with E-state index in [2.05, 4.69) is 20.9 Å². The summed E-state index contributed by atoms with van der Waals surface area (Å²) in [5, 5.41) is 5.73. The van der Waals surface area contributed by atoms with Gasteiger partial charge in [0.2, 0.25) is 11.8 Å². The molecule has 0 fully saturated rings. The van der Waals surface area contributed by atoms with Gasteiger partial charge in [-0.3, -0.25) is 25.2 Å². The van der Waals surface area contributed by atoms with Crippen LogP contribution in [0.4, 0.5) is 0 Å². The molecule has 0 spiro atoms. The van der Waals surface area contributed by atoms with E-state index in [9.17, 15) is 14.4 Å². The Balaban J connectivity index is 1.43. The predicted octanol–water partition coefficient (Wildman–Crippen LogP) is 1.19. The third kappa shape index (κ3) is 4.35. The number of aromatic amines is 1. The smallest absolute Gasteiger partial charge is 0.286 e. The summed E-state index contributed by atoms with van der Waals surface area (Å²) in [7, 11) is 0. The van der Waals surface area contributed by atoms with Crippen LogP contribution in [0.15, 0.2) is 53.8 Å². The van der Waals surface area contributed by atoms with E-state index in [0.29, 0.717) is 18.7 Å². The highest BCUT2D eigenvalue weighted by atomic mass is 16.2. The van der Waals surface area contributed by atoms with Crippen molar-refractivity contribution < 1.29 is 14.4 Å². The number of carbonyl (C=O) groups excluding carboxylic acids is 3. The Morgan fingerprint density at radius 2 is 1.85 bits per heavy atom. The molecule has 1 aliphatic heterocycles. The van der Waals surface area contributed by atoms with Crippen LogP contribution in [-0.2, 0) is 9.59 Å². The first-order chi connectivity index (χ1) is 12.6. The van der Waals surface area contributed by atoms with Gasteiger partial charge in [-0.25, -0.2) is 5.01 Å². The lowest BCUT2D eigenvalue weighted by Crippen LogP contribution is -2.42. The quantitative estimate of drug-likeness (QED) is 0.703. The Labute approximate surface area is 150 Å². The summed E-state index contributed by atoms with van der Waals surface area (Å²) in [4.78, 5) is 38.4. The van der Waals surface area contributed by atoms with Crippen molar-refractivity contribution in [3.05, 3.63) is 59.9 Å².